The van der Waals surface area contributed by atoms with Crippen molar-refractivity contribution in [1.82, 2.24) is 5.32 Å². The van der Waals surface area contributed by atoms with Gasteiger partial charge in [0.2, 0.25) is 0 Å². The first kappa shape index (κ1) is 14.4. The van der Waals surface area contributed by atoms with Crippen molar-refractivity contribution >= 4 is 34.3 Å². The molecule has 1 atom stereocenters. The standard InChI is InChI=1S/C10H12BrNO2.ClH/c1-12-9(10(13)14-2)7-5-3-4-6-8(7)11;/h3-6,9,12H,1-2H3;1H. The quantitative estimate of drug-likeness (QED) is 0.870. The number of hydrogen-bond acceptors (Lipinski definition) is 3. The summed E-state index contributed by atoms with van der Waals surface area (Å²) in [4.78, 5) is 11.4. The number of likely N-dealkylation sites (N-methyl/N-ethyl adjacent to an activating group) is 1. The van der Waals surface area contributed by atoms with E-state index in [1.807, 2.05) is 24.3 Å². The van der Waals surface area contributed by atoms with Crippen molar-refractivity contribution in [3.8, 4) is 0 Å². The third-order valence-electron chi connectivity index (χ3n) is 1.94. The molecule has 1 aromatic carbocycles. The monoisotopic (exact) mass is 293 g/mol. The molecule has 1 rings (SSSR count). The number of carbonyl (C=O) groups excluding carboxylic acids is 1. The zero-order valence-corrected chi connectivity index (χ0v) is 10.9. The van der Waals surface area contributed by atoms with E-state index in [0.717, 1.165) is 10.0 Å². The van der Waals surface area contributed by atoms with Crippen LogP contribution in [0.3, 0.4) is 0 Å². The van der Waals surface area contributed by atoms with E-state index in [2.05, 4.69) is 21.2 Å². The molecule has 1 unspecified atom stereocenters. The molecular formula is C10H13BrClNO2. The summed E-state index contributed by atoms with van der Waals surface area (Å²) in [5, 5.41) is 2.91. The van der Waals surface area contributed by atoms with Crippen LogP contribution >= 0.6 is 28.3 Å². The van der Waals surface area contributed by atoms with Crippen LogP contribution in [0.25, 0.3) is 0 Å². The van der Waals surface area contributed by atoms with Crippen molar-refractivity contribution in [2.45, 2.75) is 6.04 Å². The van der Waals surface area contributed by atoms with E-state index in [0.29, 0.717) is 0 Å². The van der Waals surface area contributed by atoms with Crippen LogP contribution in [0.4, 0.5) is 0 Å². The Hall–Kier alpha value is -0.580. The minimum atomic E-state index is -0.421. The summed E-state index contributed by atoms with van der Waals surface area (Å²) in [5.74, 6) is -0.292. The Morgan fingerprint density at radius 1 is 1.47 bits per heavy atom. The van der Waals surface area contributed by atoms with Crippen molar-refractivity contribution < 1.29 is 9.53 Å². The summed E-state index contributed by atoms with van der Waals surface area (Å²) in [6.07, 6.45) is 0. The Morgan fingerprint density at radius 3 is 2.53 bits per heavy atom. The molecule has 1 aromatic rings. The molecule has 5 heteroatoms. The average molecular weight is 295 g/mol. The number of hydrogen-bond donors (Lipinski definition) is 1. The van der Waals surface area contributed by atoms with E-state index in [1.165, 1.54) is 7.11 Å². The minimum absolute atomic E-state index is 0. The maximum absolute atomic E-state index is 11.4. The molecule has 0 amide bonds. The van der Waals surface area contributed by atoms with Gasteiger partial charge in [0.1, 0.15) is 6.04 Å². The van der Waals surface area contributed by atoms with Crippen LogP contribution in [0.1, 0.15) is 11.6 Å². The van der Waals surface area contributed by atoms with Gasteiger partial charge in [-0.2, -0.15) is 0 Å². The summed E-state index contributed by atoms with van der Waals surface area (Å²) in [7, 11) is 3.10. The molecule has 0 saturated heterocycles. The van der Waals surface area contributed by atoms with Crippen LogP contribution < -0.4 is 5.32 Å². The molecule has 3 nitrogen and oxygen atoms in total. The lowest BCUT2D eigenvalue weighted by atomic mass is 10.1. The third kappa shape index (κ3) is 3.48. The van der Waals surface area contributed by atoms with Gasteiger partial charge in [-0.3, -0.25) is 0 Å². The first-order chi connectivity index (χ1) is 6.70. The molecule has 15 heavy (non-hydrogen) atoms. The normalized spacial score (nSPS) is 11.4. The lowest BCUT2D eigenvalue weighted by molar-refractivity contribution is -0.143. The fourth-order valence-corrected chi connectivity index (χ4v) is 1.74. The van der Waals surface area contributed by atoms with E-state index >= 15 is 0 Å². The predicted molar refractivity (Wildman–Crippen MR) is 65.2 cm³/mol. The zero-order valence-electron chi connectivity index (χ0n) is 8.49. The van der Waals surface area contributed by atoms with E-state index in [-0.39, 0.29) is 18.4 Å². The molecule has 0 aliphatic carbocycles. The van der Waals surface area contributed by atoms with Crippen LogP contribution in [0.5, 0.6) is 0 Å². The first-order valence-electron chi connectivity index (χ1n) is 4.20. The van der Waals surface area contributed by atoms with Gasteiger partial charge in [0.25, 0.3) is 0 Å². The highest BCUT2D eigenvalue weighted by molar-refractivity contribution is 9.10. The smallest absolute Gasteiger partial charge is 0.327 e. The van der Waals surface area contributed by atoms with Crippen molar-refractivity contribution in [3.05, 3.63) is 34.3 Å². The molecule has 0 saturated carbocycles. The first-order valence-corrected chi connectivity index (χ1v) is 4.99. The maximum Gasteiger partial charge on any atom is 0.327 e. The van der Waals surface area contributed by atoms with E-state index in [1.54, 1.807) is 7.05 Å². The number of esters is 1. The molecule has 0 aliphatic heterocycles. The number of nitrogens with one attached hydrogen (secondary N) is 1. The summed E-state index contributed by atoms with van der Waals surface area (Å²) < 4.78 is 5.58. The highest BCUT2D eigenvalue weighted by Crippen LogP contribution is 2.23. The minimum Gasteiger partial charge on any atom is -0.468 e. The van der Waals surface area contributed by atoms with Gasteiger partial charge >= 0.3 is 5.97 Å². The van der Waals surface area contributed by atoms with E-state index in [4.69, 9.17) is 4.74 Å². The molecule has 0 bridgehead atoms. The number of methoxy groups -OCH3 is 1. The van der Waals surface area contributed by atoms with Gasteiger partial charge in [-0.1, -0.05) is 34.1 Å². The lowest BCUT2D eigenvalue weighted by Gasteiger charge is -2.15. The van der Waals surface area contributed by atoms with Gasteiger partial charge in [-0.15, -0.1) is 12.4 Å². The van der Waals surface area contributed by atoms with Crippen LogP contribution in [0.2, 0.25) is 0 Å². The van der Waals surface area contributed by atoms with Crippen LogP contribution in [-0.2, 0) is 9.53 Å². The van der Waals surface area contributed by atoms with E-state index < -0.39 is 6.04 Å². The Balaban J connectivity index is 0.00000196. The van der Waals surface area contributed by atoms with Gasteiger partial charge in [0, 0.05) is 4.47 Å². The molecule has 0 aromatic heterocycles. The second-order valence-electron chi connectivity index (χ2n) is 2.77. The third-order valence-corrected chi connectivity index (χ3v) is 2.66. The van der Waals surface area contributed by atoms with Crippen LogP contribution in [0, 0.1) is 0 Å². The Kier molecular flexibility index (Phi) is 6.56. The van der Waals surface area contributed by atoms with Gasteiger partial charge < -0.3 is 10.1 Å². The molecular weight excluding hydrogens is 281 g/mol. The summed E-state index contributed by atoms with van der Waals surface area (Å²) in [6, 6.07) is 7.13. The lowest BCUT2D eigenvalue weighted by Crippen LogP contribution is -2.26. The van der Waals surface area contributed by atoms with Gasteiger partial charge in [0.05, 0.1) is 7.11 Å². The van der Waals surface area contributed by atoms with E-state index in [9.17, 15) is 4.79 Å². The summed E-state index contributed by atoms with van der Waals surface area (Å²) in [6.45, 7) is 0. The molecule has 1 N–H and O–H groups in total. The number of benzene rings is 1. The molecule has 0 spiro atoms. The van der Waals surface area contributed by atoms with Crippen molar-refractivity contribution in [2.24, 2.45) is 0 Å². The fraction of sp³-hybridized carbons (Fsp3) is 0.300. The van der Waals surface area contributed by atoms with Crippen molar-refractivity contribution in [3.63, 3.8) is 0 Å². The van der Waals surface area contributed by atoms with Crippen molar-refractivity contribution in [1.29, 1.82) is 0 Å². The molecule has 0 radical (unpaired) electrons. The summed E-state index contributed by atoms with van der Waals surface area (Å²) in [5.41, 5.74) is 0.877. The zero-order chi connectivity index (χ0) is 10.6. The number of carbonyl (C=O) groups is 1. The number of halogens is 2. The van der Waals surface area contributed by atoms with Gasteiger partial charge in [-0.25, -0.2) is 4.79 Å². The highest BCUT2D eigenvalue weighted by atomic mass is 79.9. The molecule has 0 heterocycles. The molecule has 0 aliphatic rings. The second-order valence-corrected chi connectivity index (χ2v) is 3.62. The second kappa shape index (κ2) is 6.82. The Bertz CT molecular complexity index is 333. The predicted octanol–water partition coefficient (Wildman–Crippen LogP) is 2.30. The van der Waals surface area contributed by atoms with Gasteiger partial charge in [0.15, 0.2) is 0 Å². The molecule has 0 fully saturated rings. The Labute approximate surface area is 104 Å². The van der Waals surface area contributed by atoms with Crippen LogP contribution in [-0.4, -0.2) is 20.1 Å². The molecule has 84 valence electrons. The largest absolute Gasteiger partial charge is 0.468 e. The fourth-order valence-electron chi connectivity index (χ4n) is 1.23. The summed E-state index contributed by atoms with van der Waals surface area (Å²) >= 11 is 3.39. The number of rotatable bonds is 3. The highest BCUT2D eigenvalue weighted by Gasteiger charge is 2.20. The van der Waals surface area contributed by atoms with Crippen LogP contribution in [0.15, 0.2) is 28.7 Å². The van der Waals surface area contributed by atoms with Crippen molar-refractivity contribution in [2.75, 3.05) is 14.2 Å². The Morgan fingerprint density at radius 2 is 2.07 bits per heavy atom. The van der Waals surface area contributed by atoms with Gasteiger partial charge in [-0.05, 0) is 18.7 Å². The topological polar surface area (TPSA) is 38.3 Å². The average Bonchev–Trinajstić information content (AvgIpc) is 2.21. The SMILES string of the molecule is CNC(C(=O)OC)c1ccccc1Br.Cl. The number of ether oxygens (including phenoxy) is 1. The maximum atomic E-state index is 11.4.